The van der Waals surface area contributed by atoms with Gasteiger partial charge in [-0.25, -0.2) is 0 Å². The van der Waals surface area contributed by atoms with E-state index in [4.69, 9.17) is 0 Å². The molecule has 0 aliphatic heterocycles. The van der Waals surface area contributed by atoms with E-state index in [1.165, 1.54) is 36.4 Å². The van der Waals surface area contributed by atoms with Crippen molar-refractivity contribution in [2.24, 2.45) is 4.99 Å². The third-order valence-electron chi connectivity index (χ3n) is 7.79. The van der Waals surface area contributed by atoms with Crippen LogP contribution in [0.4, 0.5) is 5.69 Å². The smallest absolute Gasteiger partial charge is 0.295 e. The van der Waals surface area contributed by atoms with Gasteiger partial charge in [-0.15, -0.1) is 0 Å². The summed E-state index contributed by atoms with van der Waals surface area (Å²) in [7, 11) is -13.5. The molecule has 4 aromatic rings. The highest BCUT2D eigenvalue weighted by atomic mass is 32.2. The van der Waals surface area contributed by atoms with Crippen molar-refractivity contribution in [2.75, 3.05) is 11.4 Å². The van der Waals surface area contributed by atoms with Gasteiger partial charge in [0, 0.05) is 24.3 Å². The zero-order chi connectivity index (χ0) is 35.4. The summed E-state index contributed by atoms with van der Waals surface area (Å²) in [6, 6.07) is 25.4. The van der Waals surface area contributed by atoms with Gasteiger partial charge in [0.15, 0.2) is 0 Å². The molecule has 0 unspecified atom stereocenters. The molecule has 4 aromatic carbocycles. The maximum Gasteiger partial charge on any atom is 0.295 e. The van der Waals surface area contributed by atoms with Gasteiger partial charge < -0.3 is 4.90 Å². The van der Waals surface area contributed by atoms with E-state index in [0.717, 1.165) is 5.69 Å². The van der Waals surface area contributed by atoms with Crippen LogP contribution < -0.4 is 4.90 Å². The Bertz CT molecular complexity index is 2330. The van der Waals surface area contributed by atoms with E-state index in [2.05, 4.69) is 4.99 Å². The van der Waals surface area contributed by atoms with Gasteiger partial charge in [-0.2, -0.15) is 25.3 Å². The van der Waals surface area contributed by atoms with E-state index in [1.807, 2.05) is 11.8 Å². The van der Waals surface area contributed by atoms with Crippen LogP contribution in [0.15, 0.2) is 147 Å². The molecule has 0 heterocycles. The Kier molecular flexibility index (Phi) is 10.5. The summed E-state index contributed by atoms with van der Waals surface area (Å²) < 4.78 is 102. The molecule has 1 aliphatic rings. The van der Waals surface area contributed by atoms with E-state index in [0.29, 0.717) is 40.1 Å². The van der Waals surface area contributed by atoms with Crippen LogP contribution in [-0.4, -0.2) is 51.2 Å². The molecule has 0 saturated carbocycles. The number of aliphatic imine (C=N–C) groups is 1. The van der Waals surface area contributed by atoms with Crippen molar-refractivity contribution in [3.8, 4) is 0 Å². The fraction of sp³-hybridized carbons (Fsp3) is 0.114. The van der Waals surface area contributed by atoms with Gasteiger partial charge in [0.2, 0.25) is 0 Å². The molecule has 0 spiro atoms. The monoisotopic (exact) mass is 720 g/mol. The lowest BCUT2D eigenvalue weighted by Crippen LogP contribution is -2.23. The van der Waals surface area contributed by atoms with Crippen LogP contribution in [0, 0.1) is 0 Å². The minimum Gasteiger partial charge on any atom is -0.367 e. The third kappa shape index (κ3) is 8.48. The number of nitrogens with zero attached hydrogens (tertiary/aromatic N) is 2. The minimum absolute atomic E-state index is 0.0262. The normalized spacial score (nSPS) is 13.4. The average Bonchev–Trinajstić information content (AvgIpc) is 3.06. The Balaban J connectivity index is 1.53. The zero-order valence-electron chi connectivity index (χ0n) is 26.1. The second kappa shape index (κ2) is 14.4. The molecular formula is C35H32N2O9S3. The van der Waals surface area contributed by atoms with Crippen LogP contribution in [0.2, 0.25) is 0 Å². The van der Waals surface area contributed by atoms with Crippen molar-refractivity contribution < 1.29 is 38.9 Å². The highest BCUT2D eigenvalue weighted by Gasteiger charge is 2.22. The molecule has 5 rings (SSSR count). The Labute approximate surface area is 285 Å². The Morgan fingerprint density at radius 3 is 1.65 bits per heavy atom. The molecule has 254 valence electrons. The Morgan fingerprint density at radius 2 is 1.10 bits per heavy atom. The first-order valence-corrected chi connectivity index (χ1v) is 19.2. The van der Waals surface area contributed by atoms with Gasteiger partial charge in [0.05, 0.1) is 22.0 Å². The van der Waals surface area contributed by atoms with Crippen LogP contribution in [0.3, 0.4) is 0 Å². The largest absolute Gasteiger partial charge is 0.367 e. The highest BCUT2D eigenvalue weighted by Crippen LogP contribution is 2.35. The fourth-order valence-corrected chi connectivity index (χ4v) is 7.62. The molecule has 1 aliphatic carbocycles. The fourth-order valence-electron chi connectivity index (χ4n) is 5.49. The molecular weight excluding hydrogens is 689 g/mol. The van der Waals surface area contributed by atoms with Crippen molar-refractivity contribution in [3.05, 3.63) is 149 Å². The lowest BCUT2D eigenvalue weighted by Gasteiger charge is -2.25. The second-order valence-corrected chi connectivity index (χ2v) is 15.1. The van der Waals surface area contributed by atoms with E-state index in [-0.39, 0.29) is 33.3 Å². The van der Waals surface area contributed by atoms with Crippen LogP contribution in [0.1, 0.15) is 29.2 Å². The van der Waals surface area contributed by atoms with Crippen molar-refractivity contribution in [1.82, 2.24) is 0 Å². The van der Waals surface area contributed by atoms with Gasteiger partial charge in [0.25, 0.3) is 30.4 Å². The topological polar surface area (TPSA) is 179 Å². The van der Waals surface area contributed by atoms with Crippen LogP contribution in [0.5, 0.6) is 0 Å². The van der Waals surface area contributed by atoms with Crippen LogP contribution in [-0.2, 0) is 43.4 Å². The first-order valence-electron chi connectivity index (χ1n) is 14.8. The molecule has 3 N–H and O–H groups in total. The summed E-state index contributed by atoms with van der Waals surface area (Å²) >= 11 is 0. The number of benzene rings is 4. The number of rotatable bonds is 11. The third-order valence-corrected chi connectivity index (χ3v) is 10.6. The molecule has 11 nitrogen and oxygen atoms in total. The number of allylic oxidation sites excluding steroid dienone is 5. The number of hydrogen-bond acceptors (Lipinski definition) is 8. The first-order chi connectivity index (χ1) is 23.2. The number of anilines is 1. The summed E-state index contributed by atoms with van der Waals surface area (Å²) in [6.45, 7) is 2.56. The summed E-state index contributed by atoms with van der Waals surface area (Å²) in [5.74, 6) is 0. The summed E-state index contributed by atoms with van der Waals surface area (Å²) in [5.41, 5.74) is 3.90. The van der Waals surface area contributed by atoms with Crippen LogP contribution in [0.25, 0.3) is 5.57 Å². The molecule has 0 saturated heterocycles. The molecule has 0 radical (unpaired) electrons. The lowest BCUT2D eigenvalue weighted by molar-refractivity contribution is 0.479. The van der Waals surface area contributed by atoms with E-state index >= 15 is 0 Å². The SMILES string of the molecule is CCN(Cc1ccccc1S(=O)(=O)O)c1ccc(C(=C2C=CC(=NCc3ccccc3S(=O)(=O)O)C=C2)c2ccccc2S(=O)(=O)O)cc1. The summed E-state index contributed by atoms with van der Waals surface area (Å²) in [6.07, 6.45) is 6.81. The van der Waals surface area contributed by atoms with Gasteiger partial charge in [-0.1, -0.05) is 78.9 Å². The molecule has 0 aromatic heterocycles. The maximum atomic E-state index is 12.4. The van der Waals surface area contributed by atoms with E-state index in [1.54, 1.807) is 85.0 Å². The van der Waals surface area contributed by atoms with Gasteiger partial charge in [0.1, 0.15) is 4.90 Å². The molecule has 49 heavy (non-hydrogen) atoms. The van der Waals surface area contributed by atoms with E-state index in [9.17, 15) is 38.9 Å². The van der Waals surface area contributed by atoms with Crippen molar-refractivity contribution in [2.45, 2.75) is 34.7 Å². The predicted molar refractivity (Wildman–Crippen MR) is 187 cm³/mol. The first kappa shape index (κ1) is 35.6. The van der Waals surface area contributed by atoms with Gasteiger partial charge in [-0.05, 0) is 77.2 Å². The molecule has 0 amide bonds. The molecule has 0 atom stereocenters. The summed E-state index contributed by atoms with van der Waals surface area (Å²) in [5, 5.41) is 0. The zero-order valence-corrected chi connectivity index (χ0v) is 28.5. The Hall–Kier alpha value is -4.70. The standard InChI is InChI=1S/C35H32N2O9S3/c1-2-37(24-28-10-4-7-13-33(28)48(41,42)43)30-21-17-26(18-22-30)35(31-11-5-8-14-34(31)49(44,45)46)25-15-19-29(20-16-25)36-23-27-9-3-6-12-32(27)47(38,39)40/h3-22H,2,23-24H2,1H3,(H,38,39,40)(H,41,42,43)(H,44,45,46). The van der Waals surface area contributed by atoms with Crippen LogP contribution >= 0.6 is 0 Å². The maximum absolute atomic E-state index is 12.4. The quantitative estimate of drug-likeness (QED) is 0.155. The van der Waals surface area contributed by atoms with Gasteiger partial charge in [-0.3, -0.25) is 18.7 Å². The second-order valence-electron chi connectivity index (χ2n) is 10.9. The lowest BCUT2D eigenvalue weighted by atomic mass is 9.90. The molecule has 0 fully saturated rings. The van der Waals surface area contributed by atoms with Crippen molar-refractivity contribution in [3.63, 3.8) is 0 Å². The summed E-state index contributed by atoms with van der Waals surface area (Å²) in [4.78, 5) is 5.68. The van der Waals surface area contributed by atoms with Crippen molar-refractivity contribution >= 4 is 47.3 Å². The van der Waals surface area contributed by atoms with Gasteiger partial charge >= 0.3 is 0 Å². The van der Waals surface area contributed by atoms with E-state index < -0.39 is 30.4 Å². The predicted octanol–water partition coefficient (Wildman–Crippen LogP) is 6.02. The molecule has 14 heteroatoms. The number of hydrogen-bond donors (Lipinski definition) is 3. The Morgan fingerprint density at radius 1 is 0.612 bits per heavy atom. The highest BCUT2D eigenvalue weighted by molar-refractivity contribution is 7.86. The molecule has 0 bridgehead atoms. The average molecular weight is 721 g/mol. The van der Waals surface area contributed by atoms with Crippen molar-refractivity contribution in [1.29, 1.82) is 0 Å². The minimum atomic E-state index is -4.62.